The van der Waals surface area contributed by atoms with Gasteiger partial charge in [0.15, 0.2) is 0 Å². The molecule has 1 aliphatic rings. The van der Waals surface area contributed by atoms with E-state index in [4.69, 9.17) is 0 Å². The first-order chi connectivity index (χ1) is 7.25. The van der Waals surface area contributed by atoms with Gasteiger partial charge < -0.3 is 10.2 Å². The van der Waals surface area contributed by atoms with Crippen LogP contribution in [0, 0.1) is 0 Å². The van der Waals surface area contributed by atoms with Crippen molar-refractivity contribution < 1.29 is 4.79 Å². The van der Waals surface area contributed by atoms with Crippen molar-refractivity contribution in [2.45, 2.75) is 19.4 Å². The summed E-state index contributed by atoms with van der Waals surface area (Å²) in [6.07, 6.45) is 5.95. The third kappa shape index (κ3) is 2.43. The summed E-state index contributed by atoms with van der Waals surface area (Å²) in [5.74, 6) is 0.909. The van der Waals surface area contributed by atoms with Crippen molar-refractivity contribution in [3.63, 3.8) is 0 Å². The van der Waals surface area contributed by atoms with Crippen LogP contribution in [0.1, 0.15) is 13.3 Å². The highest BCUT2D eigenvalue weighted by Gasteiger charge is 2.23. The third-order valence-electron chi connectivity index (χ3n) is 2.55. The van der Waals surface area contributed by atoms with E-state index in [0.717, 1.165) is 25.3 Å². The standard InChI is InChI=1S/C10H14N4O/c1-8(15)14-5-2-9(7-14)13-10-6-11-3-4-12-10/h3-4,6,9H,2,5,7H2,1H3,(H,12,13). The quantitative estimate of drug-likeness (QED) is 0.766. The molecule has 0 radical (unpaired) electrons. The van der Waals surface area contributed by atoms with Crippen LogP contribution in [0.3, 0.4) is 0 Å². The van der Waals surface area contributed by atoms with Gasteiger partial charge in [0.2, 0.25) is 5.91 Å². The molecule has 1 atom stereocenters. The van der Waals surface area contributed by atoms with E-state index >= 15 is 0 Å². The summed E-state index contributed by atoms with van der Waals surface area (Å²) < 4.78 is 0. The minimum Gasteiger partial charge on any atom is -0.364 e. The Morgan fingerprint density at radius 1 is 1.60 bits per heavy atom. The maximum atomic E-state index is 11.1. The Morgan fingerprint density at radius 2 is 2.47 bits per heavy atom. The number of hydrogen-bond donors (Lipinski definition) is 1. The van der Waals surface area contributed by atoms with Gasteiger partial charge in [0.1, 0.15) is 5.82 Å². The SMILES string of the molecule is CC(=O)N1CCC(Nc2cnccn2)C1. The van der Waals surface area contributed by atoms with E-state index in [2.05, 4.69) is 15.3 Å². The lowest BCUT2D eigenvalue weighted by molar-refractivity contribution is -0.127. The molecule has 0 aromatic carbocycles. The van der Waals surface area contributed by atoms with Crippen molar-refractivity contribution in [3.05, 3.63) is 18.6 Å². The number of rotatable bonds is 2. The maximum Gasteiger partial charge on any atom is 0.219 e. The molecule has 5 nitrogen and oxygen atoms in total. The van der Waals surface area contributed by atoms with Gasteiger partial charge in [-0.25, -0.2) is 4.98 Å². The molecular formula is C10H14N4O. The summed E-state index contributed by atoms with van der Waals surface area (Å²) in [5, 5.41) is 3.26. The van der Waals surface area contributed by atoms with Gasteiger partial charge in [-0.2, -0.15) is 0 Å². The molecule has 80 valence electrons. The molecule has 1 aromatic rings. The summed E-state index contributed by atoms with van der Waals surface area (Å²) in [6.45, 7) is 3.18. The Balaban J connectivity index is 1.90. The molecule has 0 spiro atoms. The second-order valence-electron chi connectivity index (χ2n) is 3.69. The Morgan fingerprint density at radius 3 is 3.07 bits per heavy atom. The number of nitrogens with zero attached hydrogens (tertiary/aromatic N) is 3. The van der Waals surface area contributed by atoms with Crippen molar-refractivity contribution in [1.82, 2.24) is 14.9 Å². The first-order valence-corrected chi connectivity index (χ1v) is 5.04. The molecule has 2 heterocycles. The van der Waals surface area contributed by atoms with Crippen LogP contribution in [-0.2, 0) is 4.79 Å². The lowest BCUT2D eigenvalue weighted by atomic mass is 10.3. The Labute approximate surface area is 88.5 Å². The number of aromatic nitrogens is 2. The molecule has 1 amide bonds. The highest BCUT2D eigenvalue weighted by molar-refractivity contribution is 5.73. The van der Waals surface area contributed by atoms with Crippen LogP contribution in [0.2, 0.25) is 0 Å². The highest BCUT2D eigenvalue weighted by Crippen LogP contribution is 2.13. The number of anilines is 1. The summed E-state index contributed by atoms with van der Waals surface area (Å²) in [4.78, 5) is 21.1. The van der Waals surface area contributed by atoms with E-state index in [1.54, 1.807) is 25.5 Å². The monoisotopic (exact) mass is 206 g/mol. The van der Waals surface area contributed by atoms with E-state index < -0.39 is 0 Å². The normalized spacial score (nSPS) is 20.3. The predicted octanol–water partition coefficient (Wildman–Crippen LogP) is 0.509. The van der Waals surface area contributed by atoms with Gasteiger partial charge in [0, 0.05) is 38.4 Å². The van der Waals surface area contributed by atoms with Crippen molar-refractivity contribution >= 4 is 11.7 Å². The van der Waals surface area contributed by atoms with Gasteiger partial charge in [-0.15, -0.1) is 0 Å². The summed E-state index contributed by atoms with van der Waals surface area (Å²) in [6, 6.07) is 0.297. The Bertz CT molecular complexity index is 341. The smallest absolute Gasteiger partial charge is 0.219 e. The average molecular weight is 206 g/mol. The first-order valence-electron chi connectivity index (χ1n) is 5.04. The number of likely N-dealkylation sites (tertiary alicyclic amines) is 1. The maximum absolute atomic E-state index is 11.1. The van der Waals surface area contributed by atoms with Gasteiger partial charge in [-0.3, -0.25) is 9.78 Å². The summed E-state index contributed by atoms with van der Waals surface area (Å²) >= 11 is 0. The first kappa shape index (κ1) is 9.89. The van der Waals surface area contributed by atoms with Gasteiger partial charge in [0.05, 0.1) is 6.20 Å². The molecule has 0 saturated carbocycles. The molecule has 0 bridgehead atoms. The van der Waals surface area contributed by atoms with Crippen LogP contribution >= 0.6 is 0 Å². The van der Waals surface area contributed by atoms with Gasteiger partial charge >= 0.3 is 0 Å². The Kier molecular flexibility index (Phi) is 2.80. The summed E-state index contributed by atoms with van der Waals surface area (Å²) in [5.41, 5.74) is 0. The molecule has 15 heavy (non-hydrogen) atoms. The fourth-order valence-electron chi connectivity index (χ4n) is 1.75. The van der Waals surface area contributed by atoms with E-state index in [1.165, 1.54) is 0 Å². The number of hydrogen-bond acceptors (Lipinski definition) is 4. The second-order valence-corrected chi connectivity index (χ2v) is 3.69. The zero-order chi connectivity index (χ0) is 10.7. The van der Waals surface area contributed by atoms with Crippen molar-refractivity contribution in [2.75, 3.05) is 18.4 Å². The van der Waals surface area contributed by atoms with E-state index in [1.807, 2.05) is 4.90 Å². The van der Waals surface area contributed by atoms with E-state index in [9.17, 15) is 4.79 Å². The molecule has 0 aliphatic carbocycles. The van der Waals surface area contributed by atoms with Crippen LogP contribution in [0.15, 0.2) is 18.6 Å². The molecule has 2 rings (SSSR count). The van der Waals surface area contributed by atoms with E-state index in [0.29, 0.717) is 6.04 Å². The highest BCUT2D eigenvalue weighted by atomic mass is 16.2. The number of carbonyl (C=O) groups is 1. The zero-order valence-electron chi connectivity index (χ0n) is 8.68. The van der Waals surface area contributed by atoms with Crippen LogP contribution in [0.25, 0.3) is 0 Å². The summed E-state index contributed by atoms with van der Waals surface area (Å²) in [7, 11) is 0. The van der Waals surface area contributed by atoms with Crippen molar-refractivity contribution in [1.29, 1.82) is 0 Å². The number of carbonyl (C=O) groups excluding carboxylic acids is 1. The molecule has 1 aliphatic heterocycles. The van der Waals surface area contributed by atoms with Gasteiger partial charge in [-0.1, -0.05) is 0 Å². The minimum atomic E-state index is 0.137. The molecule has 5 heteroatoms. The van der Waals surface area contributed by atoms with Crippen molar-refractivity contribution in [3.8, 4) is 0 Å². The molecule has 1 unspecified atom stereocenters. The minimum absolute atomic E-state index is 0.137. The van der Waals surface area contributed by atoms with Crippen molar-refractivity contribution in [2.24, 2.45) is 0 Å². The molecule has 1 saturated heterocycles. The average Bonchev–Trinajstić information content (AvgIpc) is 2.68. The van der Waals surface area contributed by atoms with Crippen LogP contribution in [0.5, 0.6) is 0 Å². The number of amides is 1. The topological polar surface area (TPSA) is 58.1 Å². The van der Waals surface area contributed by atoms with Crippen LogP contribution in [-0.4, -0.2) is 39.9 Å². The molecule has 1 aromatic heterocycles. The predicted molar refractivity (Wildman–Crippen MR) is 56.3 cm³/mol. The van der Waals surface area contributed by atoms with Crippen LogP contribution in [0.4, 0.5) is 5.82 Å². The van der Waals surface area contributed by atoms with Gasteiger partial charge in [-0.05, 0) is 6.42 Å². The zero-order valence-corrected chi connectivity index (χ0v) is 8.68. The largest absolute Gasteiger partial charge is 0.364 e. The molecular weight excluding hydrogens is 192 g/mol. The number of nitrogens with one attached hydrogen (secondary N) is 1. The van der Waals surface area contributed by atoms with Crippen LogP contribution < -0.4 is 5.32 Å². The lowest BCUT2D eigenvalue weighted by Gasteiger charge is -2.15. The molecule has 1 N–H and O–H groups in total. The lowest BCUT2D eigenvalue weighted by Crippen LogP contribution is -2.29. The second kappa shape index (κ2) is 4.25. The molecule has 1 fully saturated rings. The fourth-order valence-corrected chi connectivity index (χ4v) is 1.75. The third-order valence-corrected chi connectivity index (χ3v) is 2.55. The van der Waals surface area contributed by atoms with E-state index in [-0.39, 0.29) is 5.91 Å². The van der Waals surface area contributed by atoms with Gasteiger partial charge in [0.25, 0.3) is 0 Å². The fraction of sp³-hybridized carbons (Fsp3) is 0.500. The Hall–Kier alpha value is -1.65.